The van der Waals surface area contributed by atoms with E-state index in [1.165, 1.54) is 4.90 Å². The Kier molecular flexibility index (Phi) is 6.37. The number of hydrogen-bond donors (Lipinski definition) is 0. The van der Waals surface area contributed by atoms with Crippen molar-refractivity contribution >= 4 is 39.5 Å². The van der Waals surface area contributed by atoms with Crippen LogP contribution in [0.25, 0.3) is 0 Å². The smallest absolute Gasteiger partial charge is 0.344 e. The van der Waals surface area contributed by atoms with Crippen LogP contribution < -0.4 is 4.90 Å². The number of benzene rings is 2. The highest BCUT2D eigenvalue weighted by Crippen LogP contribution is 2.48. The van der Waals surface area contributed by atoms with Gasteiger partial charge in [0.05, 0.1) is 18.9 Å². The van der Waals surface area contributed by atoms with E-state index in [1.54, 1.807) is 50.2 Å². The first-order valence-corrected chi connectivity index (χ1v) is 10.2. The van der Waals surface area contributed by atoms with Gasteiger partial charge in [-0.2, -0.15) is 0 Å². The molecule has 0 aliphatic carbocycles. The van der Waals surface area contributed by atoms with Crippen LogP contribution in [0.3, 0.4) is 0 Å². The molecule has 2 aromatic rings. The second kappa shape index (κ2) is 8.78. The molecule has 6 nitrogen and oxygen atoms in total. The molecule has 7 heteroatoms. The number of para-hydroxylation sites is 1. The third kappa shape index (κ3) is 3.55. The van der Waals surface area contributed by atoms with Crippen LogP contribution in [-0.4, -0.2) is 36.6 Å². The second-order valence-corrected chi connectivity index (χ2v) is 7.41. The predicted octanol–water partition coefficient (Wildman–Crippen LogP) is 3.83. The second-order valence-electron chi connectivity index (χ2n) is 6.56. The molecule has 0 radical (unpaired) electrons. The molecule has 152 valence electrons. The molecule has 0 spiro atoms. The van der Waals surface area contributed by atoms with Crippen molar-refractivity contribution in [3.8, 4) is 0 Å². The SMILES string of the molecule is CCOC(=O)C1(C(=O)OCC)C(c2ccccc2)CC(=O)N1c1ccccc1Br. The lowest BCUT2D eigenvalue weighted by atomic mass is 9.79. The molecule has 0 N–H and O–H groups in total. The van der Waals surface area contributed by atoms with Crippen LogP contribution in [0.15, 0.2) is 59.1 Å². The summed E-state index contributed by atoms with van der Waals surface area (Å²) < 4.78 is 11.3. The molecule has 1 fully saturated rings. The van der Waals surface area contributed by atoms with Gasteiger partial charge in [0.25, 0.3) is 0 Å². The van der Waals surface area contributed by atoms with Crippen molar-refractivity contribution in [1.82, 2.24) is 0 Å². The Balaban J connectivity index is 2.30. The van der Waals surface area contributed by atoms with Crippen molar-refractivity contribution in [2.45, 2.75) is 31.7 Å². The van der Waals surface area contributed by atoms with Gasteiger partial charge >= 0.3 is 11.9 Å². The van der Waals surface area contributed by atoms with E-state index in [4.69, 9.17) is 9.47 Å². The van der Waals surface area contributed by atoms with Gasteiger partial charge in [0, 0.05) is 16.8 Å². The van der Waals surface area contributed by atoms with Crippen molar-refractivity contribution in [1.29, 1.82) is 0 Å². The molecular weight excluding hydrogens is 438 g/mol. The third-order valence-corrected chi connectivity index (χ3v) is 5.62. The van der Waals surface area contributed by atoms with Gasteiger partial charge in [0.15, 0.2) is 0 Å². The van der Waals surface area contributed by atoms with Crippen molar-refractivity contribution in [2.24, 2.45) is 0 Å². The molecule has 0 aromatic heterocycles. The fraction of sp³-hybridized carbons (Fsp3) is 0.318. The average Bonchev–Trinajstić information content (AvgIpc) is 3.03. The van der Waals surface area contributed by atoms with Crippen molar-refractivity contribution < 1.29 is 23.9 Å². The molecule has 2 aromatic carbocycles. The number of carbonyl (C=O) groups excluding carboxylic acids is 3. The van der Waals surface area contributed by atoms with Gasteiger partial charge in [-0.15, -0.1) is 0 Å². The van der Waals surface area contributed by atoms with Crippen molar-refractivity contribution in [3.63, 3.8) is 0 Å². The van der Waals surface area contributed by atoms with Gasteiger partial charge in [0.2, 0.25) is 11.4 Å². The largest absolute Gasteiger partial charge is 0.464 e. The number of esters is 2. The molecule has 3 rings (SSSR count). The standard InChI is InChI=1S/C22H22BrNO5/c1-3-28-20(26)22(21(27)29-4-2)16(15-10-6-5-7-11-15)14-19(25)24(22)18-13-9-8-12-17(18)23/h5-13,16H,3-4,14H2,1-2H3. The number of carbonyl (C=O) groups is 3. The average molecular weight is 460 g/mol. The first kappa shape index (κ1) is 21.0. The van der Waals surface area contributed by atoms with E-state index < -0.39 is 23.4 Å². The summed E-state index contributed by atoms with van der Waals surface area (Å²) >= 11 is 3.44. The predicted molar refractivity (Wildman–Crippen MR) is 111 cm³/mol. The minimum Gasteiger partial charge on any atom is -0.464 e. The molecular formula is C22H22BrNO5. The number of nitrogens with zero attached hydrogens (tertiary/aromatic N) is 1. The van der Waals surface area contributed by atoms with Gasteiger partial charge in [0.1, 0.15) is 0 Å². The van der Waals surface area contributed by atoms with Crippen LogP contribution >= 0.6 is 15.9 Å². The highest BCUT2D eigenvalue weighted by molar-refractivity contribution is 9.10. The number of halogens is 1. The molecule has 0 bridgehead atoms. The van der Waals surface area contributed by atoms with Crippen LogP contribution in [0.2, 0.25) is 0 Å². The lowest BCUT2D eigenvalue weighted by Crippen LogP contribution is -2.62. The number of anilines is 1. The summed E-state index contributed by atoms with van der Waals surface area (Å²) in [6, 6.07) is 16.0. The first-order chi connectivity index (χ1) is 14.0. The summed E-state index contributed by atoms with van der Waals surface area (Å²) in [6.45, 7) is 3.46. The summed E-state index contributed by atoms with van der Waals surface area (Å²) in [7, 11) is 0. The highest BCUT2D eigenvalue weighted by atomic mass is 79.9. The monoisotopic (exact) mass is 459 g/mol. The van der Waals surface area contributed by atoms with Gasteiger partial charge < -0.3 is 9.47 Å². The van der Waals surface area contributed by atoms with Crippen LogP contribution in [0.4, 0.5) is 5.69 Å². The van der Waals surface area contributed by atoms with E-state index in [1.807, 2.05) is 18.2 Å². The summed E-state index contributed by atoms with van der Waals surface area (Å²) in [5.41, 5.74) is -0.845. The fourth-order valence-corrected chi connectivity index (χ4v) is 4.26. The molecule has 29 heavy (non-hydrogen) atoms. The summed E-state index contributed by atoms with van der Waals surface area (Å²) in [5.74, 6) is -2.70. The van der Waals surface area contributed by atoms with E-state index in [-0.39, 0.29) is 25.5 Å². The van der Waals surface area contributed by atoms with Gasteiger partial charge in [-0.05, 0) is 47.5 Å². The quantitative estimate of drug-likeness (QED) is 0.484. The lowest BCUT2D eigenvalue weighted by Gasteiger charge is -2.37. The molecule has 0 saturated carbocycles. The zero-order valence-electron chi connectivity index (χ0n) is 16.3. The Bertz CT molecular complexity index is 896. The molecule has 1 heterocycles. The van der Waals surface area contributed by atoms with E-state index >= 15 is 0 Å². The van der Waals surface area contributed by atoms with E-state index in [0.717, 1.165) is 0 Å². The Hall–Kier alpha value is -2.67. The number of ether oxygens (including phenoxy) is 2. The Morgan fingerprint density at radius 2 is 1.55 bits per heavy atom. The molecule has 1 amide bonds. The third-order valence-electron chi connectivity index (χ3n) is 4.95. The maximum absolute atomic E-state index is 13.4. The van der Waals surface area contributed by atoms with Gasteiger partial charge in [-0.3, -0.25) is 9.69 Å². The zero-order valence-corrected chi connectivity index (χ0v) is 17.8. The number of hydrogen-bond acceptors (Lipinski definition) is 5. The summed E-state index contributed by atoms with van der Waals surface area (Å²) in [6.07, 6.45) is -0.0248. The Morgan fingerprint density at radius 1 is 1.00 bits per heavy atom. The summed E-state index contributed by atoms with van der Waals surface area (Å²) in [4.78, 5) is 41.2. The Morgan fingerprint density at radius 3 is 2.10 bits per heavy atom. The molecule has 1 atom stereocenters. The van der Waals surface area contributed by atoms with Crippen LogP contribution in [0.5, 0.6) is 0 Å². The minimum atomic E-state index is -1.95. The van der Waals surface area contributed by atoms with Gasteiger partial charge in [-0.1, -0.05) is 42.5 Å². The normalized spacial score (nSPS) is 17.8. The van der Waals surface area contributed by atoms with Crippen LogP contribution in [0.1, 0.15) is 31.7 Å². The first-order valence-electron chi connectivity index (χ1n) is 9.45. The number of amides is 1. The van der Waals surface area contributed by atoms with Gasteiger partial charge in [-0.25, -0.2) is 9.59 Å². The van der Waals surface area contributed by atoms with E-state index in [0.29, 0.717) is 15.7 Å². The zero-order chi connectivity index (χ0) is 21.0. The number of rotatable bonds is 6. The molecule has 1 aliphatic rings. The maximum atomic E-state index is 13.4. The minimum absolute atomic E-state index is 0.0248. The van der Waals surface area contributed by atoms with E-state index in [9.17, 15) is 14.4 Å². The van der Waals surface area contributed by atoms with Crippen LogP contribution in [0, 0.1) is 0 Å². The fourth-order valence-electron chi connectivity index (χ4n) is 3.80. The van der Waals surface area contributed by atoms with Crippen LogP contribution in [-0.2, 0) is 23.9 Å². The van der Waals surface area contributed by atoms with Crippen molar-refractivity contribution in [3.05, 3.63) is 64.6 Å². The molecule has 1 saturated heterocycles. The van der Waals surface area contributed by atoms with Crippen molar-refractivity contribution in [2.75, 3.05) is 18.1 Å². The molecule has 1 unspecified atom stereocenters. The lowest BCUT2D eigenvalue weighted by molar-refractivity contribution is -0.165. The summed E-state index contributed by atoms with van der Waals surface area (Å²) in [5, 5.41) is 0. The molecule has 1 aliphatic heterocycles. The maximum Gasteiger partial charge on any atom is 0.344 e. The highest BCUT2D eigenvalue weighted by Gasteiger charge is 2.66. The van der Waals surface area contributed by atoms with E-state index in [2.05, 4.69) is 15.9 Å². The topological polar surface area (TPSA) is 72.9 Å². The Labute approximate surface area is 177 Å².